The highest BCUT2D eigenvalue weighted by molar-refractivity contribution is 14.1. The quantitative estimate of drug-likeness (QED) is 0.686. The zero-order valence-electron chi connectivity index (χ0n) is 11.5. The van der Waals surface area contributed by atoms with Crippen LogP contribution in [0.4, 0.5) is 4.39 Å². The van der Waals surface area contributed by atoms with Crippen molar-refractivity contribution in [3.63, 3.8) is 0 Å². The lowest BCUT2D eigenvalue weighted by atomic mass is 9.98. The van der Waals surface area contributed by atoms with Gasteiger partial charge in [0.15, 0.2) is 11.5 Å². The zero-order valence-corrected chi connectivity index (χ0v) is 15.2. The molecule has 1 unspecified atom stereocenters. The summed E-state index contributed by atoms with van der Waals surface area (Å²) in [6, 6.07) is 8.02. The smallest absolute Gasteiger partial charge is 0.163 e. The Hall–Kier alpha value is -0.860. The average Bonchev–Trinajstić information content (AvgIpc) is 2.48. The van der Waals surface area contributed by atoms with Gasteiger partial charge in [0.05, 0.1) is 20.3 Å². The van der Waals surface area contributed by atoms with Gasteiger partial charge in [-0.05, 0) is 52.4 Å². The van der Waals surface area contributed by atoms with E-state index >= 15 is 0 Å². The molecule has 6 heteroatoms. The summed E-state index contributed by atoms with van der Waals surface area (Å²) in [6.45, 7) is 0. The molecule has 2 aromatic rings. The van der Waals surface area contributed by atoms with Crippen molar-refractivity contribution in [2.75, 3.05) is 14.2 Å². The number of nitrogens with two attached hydrogens (primary N) is 1. The van der Waals surface area contributed by atoms with Gasteiger partial charge in [-0.2, -0.15) is 0 Å². The van der Waals surface area contributed by atoms with Crippen LogP contribution in [0.15, 0.2) is 34.8 Å². The summed E-state index contributed by atoms with van der Waals surface area (Å²) in [5, 5.41) is 0. The molecule has 1 atom stereocenters. The van der Waals surface area contributed by atoms with Crippen LogP contribution in [0, 0.1) is 9.39 Å². The number of methoxy groups -OCH3 is 2. The van der Waals surface area contributed by atoms with Gasteiger partial charge < -0.3 is 15.2 Å². The molecule has 0 saturated heterocycles. The van der Waals surface area contributed by atoms with E-state index in [9.17, 15) is 4.39 Å². The maximum absolute atomic E-state index is 14.3. The van der Waals surface area contributed by atoms with Crippen molar-refractivity contribution in [1.29, 1.82) is 0 Å². The molecule has 0 amide bonds. The number of rotatable bonds is 4. The maximum Gasteiger partial charge on any atom is 0.163 e. The van der Waals surface area contributed by atoms with Crippen molar-refractivity contribution in [2.24, 2.45) is 5.73 Å². The molecule has 112 valence electrons. The Morgan fingerprint density at radius 3 is 2.33 bits per heavy atom. The van der Waals surface area contributed by atoms with Crippen molar-refractivity contribution >= 4 is 38.5 Å². The van der Waals surface area contributed by atoms with Crippen LogP contribution < -0.4 is 15.2 Å². The number of ether oxygens (including phenoxy) is 2. The Bertz CT molecular complexity index is 666. The van der Waals surface area contributed by atoms with E-state index in [1.165, 1.54) is 20.3 Å². The molecule has 0 spiro atoms. The summed E-state index contributed by atoms with van der Waals surface area (Å²) < 4.78 is 26.5. The highest BCUT2D eigenvalue weighted by atomic mass is 127. The molecular formula is C15H14BrFINO2. The SMILES string of the molecule is COc1cc(F)c(C(N)c2cc(Br)ccc2I)cc1OC. The van der Waals surface area contributed by atoms with E-state index in [1.807, 2.05) is 18.2 Å². The molecule has 0 aliphatic heterocycles. The van der Waals surface area contributed by atoms with Crippen molar-refractivity contribution < 1.29 is 13.9 Å². The molecule has 2 aromatic carbocycles. The van der Waals surface area contributed by atoms with Crippen molar-refractivity contribution in [3.05, 3.63) is 55.3 Å². The molecule has 2 N–H and O–H groups in total. The monoisotopic (exact) mass is 465 g/mol. The predicted molar refractivity (Wildman–Crippen MR) is 92.4 cm³/mol. The van der Waals surface area contributed by atoms with Gasteiger partial charge in [0.2, 0.25) is 0 Å². The van der Waals surface area contributed by atoms with Gasteiger partial charge >= 0.3 is 0 Å². The van der Waals surface area contributed by atoms with E-state index in [2.05, 4.69) is 38.5 Å². The van der Waals surface area contributed by atoms with Gasteiger partial charge in [0, 0.05) is 19.7 Å². The topological polar surface area (TPSA) is 44.5 Å². The third kappa shape index (κ3) is 3.49. The van der Waals surface area contributed by atoms with Crippen LogP contribution >= 0.6 is 38.5 Å². The third-order valence-electron chi connectivity index (χ3n) is 3.13. The second-order valence-corrected chi connectivity index (χ2v) is 6.45. The van der Waals surface area contributed by atoms with E-state index in [4.69, 9.17) is 15.2 Å². The summed E-state index contributed by atoms with van der Waals surface area (Å²) in [5.74, 6) is 0.375. The van der Waals surface area contributed by atoms with Crippen molar-refractivity contribution in [1.82, 2.24) is 0 Å². The van der Waals surface area contributed by atoms with Gasteiger partial charge in [-0.3, -0.25) is 0 Å². The minimum atomic E-state index is -0.589. The molecule has 21 heavy (non-hydrogen) atoms. The van der Waals surface area contributed by atoms with E-state index in [1.54, 1.807) is 6.07 Å². The molecule has 0 heterocycles. The molecule has 0 aliphatic carbocycles. The minimum absolute atomic E-state index is 0.342. The fourth-order valence-electron chi connectivity index (χ4n) is 2.03. The average molecular weight is 466 g/mol. The second kappa shape index (κ2) is 6.93. The Balaban J connectivity index is 2.52. The van der Waals surface area contributed by atoms with Crippen molar-refractivity contribution in [3.8, 4) is 11.5 Å². The van der Waals surface area contributed by atoms with E-state index in [-0.39, 0.29) is 0 Å². The number of hydrogen-bond acceptors (Lipinski definition) is 3. The van der Waals surface area contributed by atoms with Crippen LogP contribution in [-0.4, -0.2) is 14.2 Å². The number of hydrogen-bond donors (Lipinski definition) is 1. The maximum atomic E-state index is 14.3. The molecule has 0 aromatic heterocycles. The Morgan fingerprint density at radius 1 is 1.10 bits per heavy atom. The van der Waals surface area contributed by atoms with Crippen molar-refractivity contribution in [2.45, 2.75) is 6.04 Å². The summed E-state index contributed by atoms with van der Waals surface area (Å²) >= 11 is 5.59. The molecule has 0 bridgehead atoms. The summed E-state index contributed by atoms with van der Waals surface area (Å²) in [5.41, 5.74) is 7.45. The largest absolute Gasteiger partial charge is 0.493 e. The first kappa shape index (κ1) is 16.5. The minimum Gasteiger partial charge on any atom is -0.493 e. The Morgan fingerprint density at radius 2 is 1.71 bits per heavy atom. The van der Waals surface area contributed by atoms with Gasteiger partial charge in [0.25, 0.3) is 0 Å². The Labute approximate surface area is 144 Å². The fraction of sp³-hybridized carbons (Fsp3) is 0.200. The van der Waals surface area contributed by atoms with E-state index < -0.39 is 11.9 Å². The standard InChI is InChI=1S/C15H14BrFINO2/c1-20-13-6-9(11(17)7-14(13)21-2)15(19)10-5-8(16)3-4-12(10)18/h3-7,15H,19H2,1-2H3. The molecule has 0 saturated carbocycles. The fourth-order valence-corrected chi connectivity index (χ4v) is 3.08. The van der Waals surface area contributed by atoms with Gasteiger partial charge in [-0.1, -0.05) is 15.9 Å². The molecule has 2 rings (SSSR count). The molecule has 0 aliphatic rings. The van der Waals surface area contributed by atoms with Gasteiger partial charge in [-0.15, -0.1) is 0 Å². The van der Waals surface area contributed by atoms with Crippen LogP contribution in [0.1, 0.15) is 17.2 Å². The summed E-state index contributed by atoms with van der Waals surface area (Å²) in [7, 11) is 2.97. The first-order valence-corrected chi connectivity index (χ1v) is 7.97. The zero-order chi connectivity index (χ0) is 15.6. The lowest BCUT2D eigenvalue weighted by Crippen LogP contribution is -2.15. The molecule has 0 fully saturated rings. The third-order valence-corrected chi connectivity index (χ3v) is 4.61. The highest BCUT2D eigenvalue weighted by Gasteiger charge is 2.20. The van der Waals surface area contributed by atoms with Crippen LogP contribution in [0.5, 0.6) is 11.5 Å². The van der Waals surface area contributed by atoms with Gasteiger partial charge in [-0.25, -0.2) is 4.39 Å². The van der Waals surface area contributed by atoms with Crippen LogP contribution in [0.25, 0.3) is 0 Å². The first-order valence-electron chi connectivity index (χ1n) is 6.10. The molecule has 0 radical (unpaired) electrons. The first-order chi connectivity index (χ1) is 9.97. The Kier molecular flexibility index (Phi) is 5.45. The summed E-state index contributed by atoms with van der Waals surface area (Å²) in [6.07, 6.45) is 0. The lowest BCUT2D eigenvalue weighted by Gasteiger charge is -2.18. The highest BCUT2D eigenvalue weighted by Crippen LogP contribution is 2.35. The van der Waals surface area contributed by atoms with Crippen LogP contribution in [0.2, 0.25) is 0 Å². The second-order valence-electron chi connectivity index (χ2n) is 4.37. The lowest BCUT2D eigenvalue weighted by molar-refractivity contribution is 0.351. The molecular weight excluding hydrogens is 452 g/mol. The van der Waals surface area contributed by atoms with Crippen LogP contribution in [-0.2, 0) is 0 Å². The van der Waals surface area contributed by atoms with E-state index in [0.29, 0.717) is 17.1 Å². The number of halogens is 3. The van der Waals surface area contributed by atoms with Gasteiger partial charge in [0.1, 0.15) is 5.82 Å². The summed E-state index contributed by atoms with van der Waals surface area (Å²) in [4.78, 5) is 0. The number of benzene rings is 2. The normalized spacial score (nSPS) is 12.1. The molecule has 3 nitrogen and oxygen atoms in total. The van der Waals surface area contributed by atoms with E-state index in [0.717, 1.165) is 13.6 Å². The van der Waals surface area contributed by atoms with Crippen LogP contribution in [0.3, 0.4) is 0 Å². The predicted octanol–water partition coefficient (Wildman–Crippen LogP) is 4.26.